The smallest absolute Gasteiger partial charge is 0.410 e. The van der Waals surface area contributed by atoms with E-state index in [9.17, 15) is 9.59 Å². The second kappa shape index (κ2) is 11.4. The van der Waals surface area contributed by atoms with Gasteiger partial charge in [-0.2, -0.15) is 0 Å². The summed E-state index contributed by atoms with van der Waals surface area (Å²) in [6, 6.07) is 7.26. The fourth-order valence-corrected chi connectivity index (χ4v) is 4.55. The normalized spacial score (nSPS) is 14.5. The molecule has 1 aliphatic rings. The number of piperazine rings is 1. The second-order valence-electron chi connectivity index (χ2n) is 10.5. The topological polar surface area (TPSA) is 99.0 Å². The van der Waals surface area contributed by atoms with Gasteiger partial charge in [0.05, 0.1) is 14.2 Å². The highest BCUT2D eigenvalue weighted by molar-refractivity contribution is 5.81. The summed E-state index contributed by atoms with van der Waals surface area (Å²) < 4.78 is 18.1. The standard InChI is InChI=1S/C28H37N5O5/c1-19-29-18-21-16-24(20-14-22(36-5)17-23(15-20)37-6)26(34)33(25(21)30-19)9-7-8-31-10-12-32(13-11-31)27(35)38-28(2,3)4/h14-18H,7-13H2,1-6H3. The Kier molecular flexibility index (Phi) is 8.20. The molecule has 10 heteroatoms. The Bertz CT molecular complexity index is 1330. The van der Waals surface area contributed by atoms with Gasteiger partial charge in [-0.25, -0.2) is 14.8 Å². The van der Waals surface area contributed by atoms with Crippen molar-refractivity contribution in [2.75, 3.05) is 46.9 Å². The first kappa shape index (κ1) is 27.4. The van der Waals surface area contributed by atoms with Gasteiger partial charge in [0.1, 0.15) is 28.6 Å². The maximum Gasteiger partial charge on any atom is 0.410 e. The summed E-state index contributed by atoms with van der Waals surface area (Å²) in [4.78, 5) is 39.1. The van der Waals surface area contributed by atoms with Gasteiger partial charge in [0.15, 0.2) is 0 Å². The quantitative estimate of drug-likeness (QED) is 0.462. The number of hydrogen-bond acceptors (Lipinski definition) is 8. The number of aromatic nitrogens is 3. The predicted octanol–water partition coefficient (Wildman–Crippen LogP) is 3.73. The third kappa shape index (κ3) is 6.42. The van der Waals surface area contributed by atoms with E-state index in [1.54, 1.807) is 35.9 Å². The van der Waals surface area contributed by atoms with Crippen molar-refractivity contribution in [3.63, 3.8) is 0 Å². The maximum atomic E-state index is 13.8. The number of methoxy groups -OCH3 is 2. The number of nitrogens with zero attached hydrogens (tertiary/aromatic N) is 5. The summed E-state index contributed by atoms with van der Waals surface area (Å²) in [5.41, 5.74) is 1.24. The van der Waals surface area contributed by atoms with Crippen molar-refractivity contribution in [3.8, 4) is 22.6 Å². The Morgan fingerprint density at radius 3 is 2.24 bits per heavy atom. The molecule has 0 atom stereocenters. The molecule has 0 N–H and O–H groups in total. The van der Waals surface area contributed by atoms with E-state index in [2.05, 4.69) is 14.9 Å². The molecule has 10 nitrogen and oxygen atoms in total. The Morgan fingerprint density at radius 2 is 1.63 bits per heavy atom. The SMILES string of the molecule is COc1cc(OC)cc(-c2cc3cnc(C)nc3n(CCCN3CCN(C(=O)OC(C)(C)C)CC3)c2=O)c1. The number of rotatable bonds is 7. The van der Waals surface area contributed by atoms with E-state index in [-0.39, 0.29) is 11.7 Å². The minimum Gasteiger partial charge on any atom is -0.497 e. The van der Waals surface area contributed by atoms with E-state index in [1.165, 1.54) is 0 Å². The number of ether oxygens (including phenoxy) is 3. The number of benzene rings is 1. The molecule has 3 heterocycles. The molecule has 1 fully saturated rings. The van der Waals surface area contributed by atoms with Crippen molar-refractivity contribution in [2.45, 2.75) is 46.3 Å². The van der Waals surface area contributed by atoms with Gasteiger partial charge in [0, 0.05) is 55.9 Å². The van der Waals surface area contributed by atoms with Crippen LogP contribution in [0.5, 0.6) is 11.5 Å². The van der Waals surface area contributed by atoms with Crippen LogP contribution in [0, 0.1) is 6.92 Å². The van der Waals surface area contributed by atoms with Crippen molar-refractivity contribution in [1.82, 2.24) is 24.3 Å². The monoisotopic (exact) mass is 523 g/mol. The van der Waals surface area contributed by atoms with E-state index in [1.807, 2.05) is 45.9 Å². The highest BCUT2D eigenvalue weighted by Gasteiger charge is 2.25. The number of hydrogen-bond donors (Lipinski definition) is 0. The molecule has 1 saturated heterocycles. The molecule has 0 radical (unpaired) electrons. The van der Waals surface area contributed by atoms with Gasteiger partial charge in [-0.1, -0.05) is 0 Å². The van der Waals surface area contributed by atoms with Crippen LogP contribution in [0.2, 0.25) is 0 Å². The van der Waals surface area contributed by atoms with Crippen LogP contribution in [-0.4, -0.2) is 83.0 Å². The molecule has 2 aromatic heterocycles. The highest BCUT2D eigenvalue weighted by Crippen LogP contribution is 2.29. The molecule has 3 aromatic rings. The van der Waals surface area contributed by atoms with Gasteiger partial charge in [-0.15, -0.1) is 0 Å². The fourth-order valence-electron chi connectivity index (χ4n) is 4.55. The first-order chi connectivity index (χ1) is 18.1. The average Bonchev–Trinajstić information content (AvgIpc) is 2.88. The van der Waals surface area contributed by atoms with Crippen molar-refractivity contribution < 1.29 is 19.0 Å². The van der Waals surface area contributed by atoms with Gasteiger partial charge < -0.3 is 19.1 Å². The average molecular weight is 524 g/mol. The number of aryl methyl sites for hydroxylation is 2. The molecule has 0 saturated carbocycles. The molecular formula is C28H37N5O5. The molecule has 38 heavy (non-hydrogen) atoms. The summed E-state index contributed by atoms with van der Waals surface area (Å²) >= 11 is 0. The van der Waals surface area contributed by atoms with Gasteiger partial charge in [0.2, 0.25) is 0 Å². The molecule has 0 aliphatic carbocycles. The van der Waals surface area contributed by atoms with E-state index in [4.69, 9.17) is 14.2 Å². The zero-order valence-electron chi connectivity index (χ0n) is 23.1. The fraction of sp³-hybridized carbons (Fsp3) is 0.500. The van der Waals surface area contributed by atoms with Crippen LogP contribution in [0.3, 0.4) is 0 Å². The minimum absolute atomic E-state index is 0.124. The summed E-state index contributed by atoms with van der Waals surface area (Å²) in [7, 11) is 3.17. The van der Waals surface area contributed by atoms with Crippen molar-refractivity contribution in [1.29, 1.82) is 0 Å². The van der Waals surface area contributed by atoms with Crippen molar-refractivity contribution in [3.05, 3.63) is 46.6 Å². The van der Waals surface area contributed by atoms with Crippen molar-refractivity contribution in [2.24, 2.45) is 0 Å². The van der Waals surface area contributed by atoms with E-state index >= 15 is 0 Å². The lowest BCUT2D eigenvalue weighted by Gasteiger charge is -2.35. The first-order valence-corrected chi connectivity index (χ1v) is 12.9. The molecule has 0 unspecified atom stereocenters. The molecule has 4 rings (SSSR count). The maximum absolute atomic E-state index is 13.8. The Morgan fingerprint density at radius 1 is 0.974 bits per heavy atom. The predicted molar refractivity (Wildman–Crippen MR) is 146 cm³/mol. The van der Waals surface area contributed by atoms with Crippen LogP contribution in [0.4, 0.5) is 4.79 Å². The lowest BCUT2D eigenvalue weighted by atomic mass is 10.0. The van der Waals surface area contributed by atoms with Crippen molar-refractivity contribution >= 4 is 17.1 Å². The van der Waals surface area contributed by atoms with Gasteiger partial charge in [0.25, 0.3) is 5.56 Å². The molecular weight excluding hydrogens is 486 g/mol. The van der Waals surface area contributed by atoms with Crippen LogP contribution in [0.1, 0.15) is 33.0 Å². The van der Waals surface area contributed by atoms with Crippen LogP contribution in [0.25, 0.3) is 22.2 Å². The lowest BCUT2D eigenvalue weighted by molar-refractivity contribution is 0.0144. The Labute approximate surface area is 223 Å². The van der Waals surface area contributed by atoms with E-state index < -0.39 is 5.60 Å². The third-order valence-electron chi connectivity index (χ3n) is 6.49. The van der Waals surface area contributed by atoms with Crippen LogP contribution in [0.15, 0.2) is 35.3 Å². The molecule has 0 bridgehead atoms. The van der Waals surface area contributed by atoms with Gasteiger partial charge in [-0.05, 0) is 64.4 Å². The molecule has 1 aliphatic heterocycles. The first-order valence-electron chi connectivity index (χ1n) is 12.9. The summed E-state index contributed by atoms with van der Waals surface area (Å²) in [6.07, 6.45) is 2.25. The number of carbonyl (C=O) groups is 1. The largest absolute Gasteiger partial charge is 0.497 e. The highest BCUT2D eigenvalue weighted by atomic mass is 16.6. The second-order valence-corrected chi connectivity index (χ2v) is 10.5. The summed E-state index contributed by atoms with van der Waals surface area (Å²) in [5, 5.41) is 0.790. The summed E-state index contributed by atoms with van der Waals surface area (Å²) in [5.74, 6) is 1.83. The number of carbonyl (C=O) groups excluding carboxylic acids is 1. The zero-order valence-corrected chi connectivity index (χ0v) is 23.1. The number of amides is 1. The molecule has 204 valence electrons. The lowest BCUT2D eigenvalue weighted by Crippen LogP contribution is -2.50. The van der Waals surface area contributed by atoms with Crippen LogP contribution in [-0.2, 0) is 11.3 Å². The number of fused-ring (bicyclic) bond motifs is 1. The van der Waals surface area contributed by atoms with E-state index in [0.717, 1.165) is 31.4 Å². The Balaban J connectivity index is 1.52. The van der Waals surface area contributed by atoms with Crippen LogP contribution >= 0.6 is 0 Å². The van der Waals surface area contributed by atoms with Gasteiger partial charge >= 0.3 is 6.09 Å². The minimum atomic E-state index is -0.503. The summed E-state index contributed by atoms with van der Waals surface area (Å²) in [6.45, 7) is 11.5. The molecule has 1 amide bonds. The zero-order chi connectivity index (χ0) is 27.4. The number of pyridine rings is 1. The van der Waals surface area contributed by atoms with Gasteiger partial charge in [-0.3, -0.25) is 14.3 Å². The molecule has 1 aromatic carbocycles. The Hall–Kier alpha value is -3.66. The molecule has 0 spiro atoms. The third-order valence-corrected chi connectivity index (χ3v) is 6.49. The van der Waals surface area contributed by atoms with Crippen LogP contribution < -0.4 is 15.0 Å². The van der Waals surface area contributed by atoms with E-state index in [0.29, 0.717) is 53.7 Å².